The summed E-state index contributed by atoms with van der Waals surface area (Å²) in [5.41, 5.74) is 2.45. The van der Waals surface area contributed by atoms with Crippen molar-refractivity contribution in [1.82, 2.24) is 19.8 Å². The van der Waals surface area contributed by atoms with Crippen LogP contribution in [0.1, 0.15) is 35.7 Å². The highest BCUT2D eigenvalue weighted by Gasteiger charge is 2.41. The molecule has 1 fully saturated rings. The average Bonchev–Trinajstić information content (AvgIpc) is 3.61. The molecule has 1 aromatic carbocycles. The van der Waals surface area contributed by atoms with Crippen LogP contribution in [0, 0.1) is 5.82 Å². The number of pyridine rings is 1. The highest BCUT2D eigenvalue weighted by atomic mass is 32.1. The van der Waals surface area contributed by atoms with Crippen LogP contribution in [0.15, 0.2) is 89.8 Å². The zero-order valence-corrected chi connectivity index (χ0v) is 19.6. The zero-order chi connectivity index (χ0) is 24.2. The molecule has 7 nitrogen and oxygen atoms in total. The number of amides is 1. The van der Waals surface area contributed by atoms with Crippen molar-refractivity contribution in [3.8, 4) is 0 Å². The molecular weight excluding hydrogens is 465 g/mol. The van der Waals surface area contributed by atoms with Crippen molar-refractivity contribution >= 4 is 28.9 Å². The summed E-state index contributed by atoms with van der Waals surface area (Å²) in [4.78, 5) is 19.3. The van der Waals surface area contributed by atoms with Gasteiger partial charge < -0.3 is 24.5 Å². The number of nitrogens with one attached hydrogen (secondary N) is 2. The summed E-state index contributed by atoms with van der Waals surface area (Å²) in [5.74, 6) is 0.318. The van der Waals surface area contributed by atoms with Gasteiger partial charge in [-0.05, 0) is 72.9 Å². The molecule has 5 rings (SSSR count). The predicted molar refractivity (Wildman–Crippen MR) is 134 cm³/mol. The van der Waals surface area contributed by atoms with Crippen molar-refractivity contribution in [2.75, 3.05) is 11.9 Å². The molecule has 2 N–H and O–H groups in total. The van der Waals surface area contributed by atoms with Gasteiger partial charge in [0.1, 0.15) is 11.6 Å². The minimum Gasteiger partial charge on any atom is -0.467 e. The lowest BCUT2D eigenvalue weighted by Gasteiger charge is -2.28. The summed E-state index contributed by atoms with van der Waals surface area (Å²) < 4.78 is 20.9. The molecule has 9 heteroatoms. The van der Waals surface area contributed by atoms with E-state index in [2.05, 4.69) is 26.3 Å². The van der Waals surface area contributed by atoms with E-state index in [0.29, 0.717) is 23.9 Å². The van der Waals surface area contributed by atoms with Gasteiger partial charge in [-0.15, -0.1) is 0 Å². The Hall–Kier alpha value is -3.98. The number of anilines is 1. The summed E-state index contributed by atoms with van der Waals surface area (Å²) in [7, 11) is 0. The van der Waals surface area contributed by atoms with Crippen LogP contribution < -0.4 is 10.6 Å². The van der Waals surface area contributed by atoms with Crippen molar-refractivity contribution < 1.29 is 13.6 Å². The molecule has 0 unspecified atom stereocenters. The van der Waals surface area contributed by atoms with E-state index >= 15 is 0 Å². The molecule has 1 aliphatic heterocycles. The summed E-state index contributed by atoms with van der Waals surface area (Å²) in [6.45, 7) is 0.977. The van der Waals surface area contributed by atoms with Gasteiger partial charge in [-0.3, -0.25) is 9.78 Å². The van der Waals surface area contributed by atoms with Crippen molar-refractivity contribution in [2.45, 2.75) is 25.0 Å². The van der Waals surface area contributed by atoms with E-state index < -0.39 is 0 Å². The summed E-state index contributed by atoms with van der Waals surface area (Å²) >= 11 is 5.71. The maximum Gasteiger partial charge on any atom is 0.226 e. The fourth-order valence-electron chi connectivity index (χ4n) is 4.36. The second-order valence-electron chi connectivity index (χ2n) is 8.27. The molecule has 1 amide bonds. The Kier molecular flexibility index (Phi) is 6.58. The van der Waals surface area contributed by atoms with Crippen molar-refractivity contribution in [1.29, 1.82) is 0 Å². The second-order valence-corrected chi connectivity index (χ2v) is 8.65. The molecule has 35 heavy (non-hydrogen) atoms. The Bertz CT molecular complexity index is 1290. The van der Waals surface area contributed by atoms with E-state index in [1.165, 1.54) is 24.3 Å². The van der Waals surface area contributed by atoms with E-state index in [0.717, 1.165) is 17.1 Å². The number of furan rings is 1. The fourth-order valence-corrected chi connectivity index (χ4v) is 4.69. The first-order valence-electron chi connectivity index (χ1n) is 11.3. The van der Waals surface area contributed by atoms with Crippen molar-refractivity contribution in [3.05, 3.63) is 108 Å². The van der Waals surface area contributed by atoms with Crippen molar-refractivity contribution in [2.24, 2.45) is 0 Å². The average molecular weight is 490 g/mol. The number of thiocarbonyl (C=S) groups is 1. The Morgan fingerprint density at radius 3 is 2.71 bits per heavy atom. The molecule has 3 aromatic heterocycles. The fraction of sp³-hybridized carbons (Fsp3) is 0.192. The molecule has 0 aliphatic carbocycles. The largest absolute Gasteiger partial charge is 0.467 e. The highest BCUT2D eigenvalue weighted by molar-refractivity contribution is 7.80. The lowest BCUT2D eigenvalue weighted by Crippen LogP contribution is -2.33. The van der Waals surface area contributed by atoms with E-state index in [4.69, 9.17) is 16.6 Å². The Morgan fingerprint density at radius 2 is 1.97 bits per heavy atom. The van der Waals surface area contributed by atoms with E-state index in [9.17, 15) is 9.18 Å². The van der Waals surface area contributed by atoms with Crippen LogP contribution in [0.5, 0.6) is 0 Å². The lowest BCUT2D eigenvalue weighted by molar-refractivity contribution is -0.116. The Labute approximate surface area is 207 Å². The normalized spacial score (nSPS) is 17.4. The van der Waals surface area contributed by atoms with E-state index in [1.54, 1.807) is 12.5 Å². The Balaban J connectivity index is 1.39. The van der Waals surface area contributed by atoms with Gasteiger partial charge in [-0.1, -0.05) is 6.07 Å². The standard InChI is InChI=1S/C26H24FN5O2S/c27-18-8-10-19(11-9-18)29-23(33)12-15-32-25(24(30-26(32)35)21-6-1-2-13-28-21)22-7-3-14-31(22)17-20-5-4-16-34-20/h1-11,13-14,16,24-25H,12,15,17H2,(H,29,33)(H,30,35)/t24-,25+/m0/s1. The van der Waals surface area contributed by atoms with Crippen LogP contribution in [0.2, 0.25) is 0 Å². The number of benzene rings is 1. The topological polar surface area (TPSA) is 75.3 Å². The van der Waals surface area contributed by atoms with Gasteiger partial charge >= 0.3 is 0 Å². The first-order valence-corrected chi connectivity index (χ1v) is 11.7. The maximum atomic E-state index is 13.2. The van der Waals surface area contributed by atoms with Crippen molar-refractivity contribution in [3.63, 3.8) is 0 Å². The first-order chi connectivity index (χ1) is 17.1. The van der Waals surface area contributed by atoms with Gasteiger partial charge in [-0.2, -0.15) is 0 Å². The number of rotatable bonds is 8. The second kappa shape index (κ2) is 10.1. The van der Waals surface area contributed by atoms with Gasteiger partial charge in [0, 0.05) is 36.7 Å². The molecule has 0 spiro atoms. The number of hydrogen-bond acceptors (Lipinski definition) is 4. The number of nitrogens with zero attached hydrogens (tertiary/aromatic N) is 3. The third-order valence-electron chi connectivity index (χ3n) is 5.98. The zero-order valence-electron chi connectivity index (χ0n) is 18.8. The highest BCUT2D eigenvalue weighted by Crippen LogP contribution is 2.39. The third-order valence-corrected chi connectivity index (χ3v) is 6.33. The van der Waals surface area contributed by atoms with Gasteiger partial charge in [0.25, 0.3) is 0 Å². The molecule has 178 valence electrons. The molecule has 1 aliphatic rings. The SMILES string of the molecule is O=C(CCN1C(=S)N[C@@H](c2ccccn2)[C@H]1c1cccn1Cc1ccco1)Nc1ccc(F)cc1. The molecule has 4 heterocycles. The first kappa shape index (κ1) is 22.8. The molecule has 4 aromatic rings. The molecule has 0 radical (unpaired) electrons. The van der Waals surface area contributed by atoms with Crippen LogP contribution in [-0.2, 0) is 11.3 Å². The van der Waals surface area contributed by atoms with Crippen LogP contribution in [0.25, 0.3) is 0 Å². The predicted octanol–water partition coefficient (Wildman–Crippen LogP) is 4.66. The lowest BCUT2D eigenvalue weighted by atomic mass is 10.0. The van der Waals surface area contributed by atoms with Crippen LogP contribution >= 0.6 is 12.2 Å². The molecule has 0 bridgehead atoms. The minimum absolute atomic E-state index is 0.176. The van der Waals surface area contributed by atoms with Crippen LogP contribution in [-0.4, -0.2) is 32.0 Å². The quantitative estimate of drug-likeness (QED) is 0.351. The van der Waals surface area contributed by atoms with E-state index in [1.807, 2.05) is 47.5 Å². The van der Waals surface area contributed by atoms with Gasteiger partial charge in [0.05, 0.1) is 30.6 Å². The number of aromatic nitrogens is 2. The van der Waals surface area contributed by atoms with Crippen LogP contribution in [0.3, 0.4) is 0 Å². The van der Waals surface area contributed by atoms with E-state index in [-0.39, 0.29) is 30.2 Å². The van der Waals surface area contributed by atoms with Crippen LogP contribution in [0.4, 0.5) is 10.1 Å². The molecule has 0 saturated carbocycles. The molecule has 2 atom stereocenters. The maximum absolute atomic E-state index is 13.2. The Morgan fingerprint density at radius 1 is 1.11 bits per heavy atom. The molecular formula is C26H24FN5O2S. The monoisotopic (exact) mass is 489 g/mol. The summed E-state index contributed by atoms with van der Waals surface area (Å²) in [6.07, 6.45) is 5.64. The number of halogens is 1. The summed E-state index contributed by atoms with van der Waals surface area (Å²) in [6, 6.07) is 19.0. The van der Waals surface area contributed by atoms with Gasteiger partial charge in [0.2, 0.25) is 5.91 Å². The summed E-state index contributed by atoms with van der Waals surface area (Å²) in [5, 5.41) is 6.79. The van der Waals surface area contributed by atoms with Gasteiger partial charge in [0.15, 0.2) is 5.11 Å². The van der Waals surface area contributed by atoms with Gasteiger partial charge in [-0.25, -0.2) is 4.39 Å². The number of hydrogen-bond donors (Lipinski definition) is 2. The number of carbonyl (C=O) groups is 1. The third kappa shape index (κ3) is 5.09. The number of carbonyl (C=O) groups excluding carboxylic acids is 1. The minimum atomic E-state index is -0.350. The molecule has 1 saturated heterocycles. The smallest absolute Gasteiger partial charge is 0.226 e.